The smallest absolute Gasteiger partial charge is 0.276 e. The fourth-order valence-corrected chi connectivity index (χ4v) is 3.55. The second-order valence-electron chi connectivity index (χ2n) is 6.15. The summed E-state index contributed by atoms with van der Waals surface area (Å²) in [6, 6.07) is 11.0. The van der Waals surface area contributed by atoms with Crippen LogP contribution in [0.5, 0.6) is 5.75 Å². The van der Waals surface area contributed by atoms with Crippen molar-refractivity contribution in [3.63, 3.8) is 0 Å². The second-order valence-corrected chi connectivity index (χ2v) is 6.15. The Labute approximate surface area is 138 Å². The Hall–Kier alpha value is -2.60. The van der Waals surface area contributed by atoms with E-state index in [-0.39, 0.29) is 23.9 Å². The monoisotopic (exact) mass is 326 g/mol. The molecule has 0 aliphatic carbocycles. The number of rotatable bonds is 2. The minimum atomic E-state index is -0.538. The van der Waals surface area contributed by atoms with Crippen LogP contribution in [0.1, 0.15) is 28.5 Å². The first-order valence-corrected chi connectivity index (χ1v) is 8.07. The maximum absolute atomic E-state index is 12.7. The van der Waals surface area contributed by atoms with E-state index in [1.165, 1.54) is 6.07 Å². The summed E-state index contributed by atoms with van der Waals surface area (Å²) < 4.78 is 7.58. The zero-order valence-corrected chi connectivity index (χ0v) is 13.1. The summed E-state index contributed by atoms with van der Waals surface area (Å²) >= 11 is 0. The van der Waals surface area contributed by atoms with Gasteiger partial charge in [0, 0.05) is 18.8 Å². The quantitative estimate of drug-likeness (QED) is 0.909. The first-order chi connectivity index (χ1) is 11.7. The molecule has 1 saturated heterocycles. The molecule has 6 nitrogen and oxygen atoms in total. The first-order valence-electron chi connectivity index (χ1n) is 8.07. The van der Waals surface area contributed by atoms with Crippen molar-refractivity contribution in [2.24, 2.45) is 0 Å². The summed E-state index contributed by atoms with van der Waals surface area (Å²) in [5.74, 6) is -0.830. The lowest BCUT2D eigenvalue weighted by molar-refractivity contribution is -0.111. The van der Waals surface area contributed by atoms with Gasteiger partial charge in [0.15, 0.2) is 17.7 Å². The number of hydrogen-bond donors (Lipinski definition) is 1. The number of fused-ring (bicyclic) bond motifs is 2. The Kier molecular flexibility index (Phi) is 3.61. The SMILES string of the molecule is O=C1c2c(O)c(=O)ccn2[C@@H](Cc2ccccc2)[C@@H]2OCCCN12. The molecule has 2 aliphatic heterocycles. The standard InChI is InChI=1S/C18H18N2O4/c21-14-7-9-19-13(11-12-5-2-1-3-6-12)18-20(8-4-10-24-18)17(23)15(19)16(14)22/h1-3,5-7,9,13,18,22H,4,8,10-11H2/t13-,18-/m0/s1. The molecule has 0 bridgehead atoms. The van der Waals surface area contributed by atoms with Crippen LogP contribution in [0, 0.1) is 0 Å². The first kappa shape index (κ1) is 15.0. The van der Waals surface area contributed by atoms with Crippen LogP contribution in [-0.2, 0) is 11.2 Å². The van der Waals surface area contributed by atoms with E-state index in [0.717, 1.165) is 12.0 Å². The van der Waals surface area contributed by atoms with Crippen molar-refractivity contribution in [3.05, 3.63) is 64.1 Å². The molecular weight excluding hydrogens is 308 g/mol. The van der Waals surface area contributed by atoms with Gasteiger partial charge in [0.1, 0.15) is 0 Å². The number of amides is 1. The van der Waals surface area contributed by atoms with Crippen LogP contribution < -0.4 is 5.43 Å². The van der Waals surface area contributed by atoms with Gasteiger partial charge in [-0.15, -0.1) is 0 Å². The number of carbonyl (C=O) groups excluding carboxylic acids is 1. The van der Waals surface area contributed by atoms with Crippen LogP contribution in [0.15, 0.2) is 47.4 Å². The third-order valence-electron chi connectivity index (χ3n) is 4.68. The van der Waals surface area contributed by atoms with Crippen molar-refractivity contribution in [1.29, 1.82) is 0 Å². The summed E-state index contributed by atoms with van der Waals surface area (Å²) in [7, 11) is 0. The highest BCUT2D eigenvalue weighted by Gasteiger charge is 2.43. The van der Waals surface area contributed by atoms with E-state index in [1.54, 1.807) is 15.7 Å². The zero-order valence-electron chi connectivity index (χ0n) is 13.1. The van der Waals surface area contributed by atoms with Gasteiger partial charge in [-0.25, -0.2) is 0 Å². The van der Waals surface area contributed by atoms with Gasteiger partial charge in [0.2, 0.25) is 5.43 Å². The predicted octanol–water partition coefficient (Wildman–Crippen LogP) is 1.54. The van der Waals surface area contributed by atoms with E-state index in [4.69, 9.17) is 4.74 Å². The Morgan fingerprint density at radius 3 is 2.75 bits per heavy atom. The molecule has 1 N–H and O–H groups in total. The van der Waals surface area contributed by atoms with E-state index < -0.39 is 11.2 Å². The fraction of sp³-hybridized carbons (Fsp3) is 0.333. The summed E-state index contributed by atoms with van der Waals surface area (Å²) in [4.78, 5) is 26.2. The number of benzene rings is 1. The lowest BCUT2D eigenvalue weighted by Gasteiger charge is -2.45. The van der Waals surface area contributed by atoms with Gasteiger partial charge in [-0.3, -0.25) is 9.59 Å². The average molecular weight is 326 g/mol. The van der Waals surface area contributed by atoms with Crippen LogP contribution in [0.4, 0.5) is 0 Å². The molecule has 24 heavy (non-hydrogen) atoms. The van der Waals surface area contributed by atoms with Gasteiger partial charge in [-0.2, -0.15) is 0 Å². The molecule has 1 amide bonds. The third-order valence-corrected chi connectivity index (χ3v) is 4.68. The van der Waals surface area contributed by atoms with E-state index >= 15 is 0 Å². The fourth-order valence-electron chi connectivity index (χ4n) is 3.55. The van der Waals surface area contributed by atoms with Crippen LogP contribution >= 0.6 is 0 Å². The molecule has 6 heteroatoms. The Bertz CT molecular complexity index is 831. The minimum absolute atomic E-state index is 0.0604. The van der Waals surface area contributed by atoms with Gasteiger partial charge in [-0.1, -0.05) is 30.3 Å². The molecular formula is C18H18N2O4. The molecule has 1 fully saturated rings. The molecule has 124 valence electrons. The molecule has 4 rings (SSSR count). The van der Waals surface area contributed by atoms with Gasteiger partial charge in [-0.05, 0) is 18.4 Å². The molecule has 0 unspecified atom stereocenters. The third kappa shape index (κ3) is 2.30. The topological polar surface area (TPSA) is 71.8 Å². The van der Waals surface area contributed by atoms with E-state index in [2.05, 4.69) is 0 Å². The van der Waals surface area contributed by atoms with Gasteiger partial charge in [0.25, 0.3) is 5.91 Å². The van der Waals surface area contributed by atoms with Crippen LogP contribution in [0.25, 0.3) is 0 Å². The van der Waals surface area contributed by atoms with Gasteiger partial charge >= 0.3 is 0 Å². The molecule has 1 aromatic heterocycles. The summed E-state index contributed by atoms with van der Waals surface area (Å²) in [6.07, 6.45) is 2.59. The Morgan fingerprint density at radius 2 is 1.96 bits per heavy atom. The molecule has 2 aromatic rings. The van der Waals surface area contributed by atoms with Gasteiger partial charge in [0.05, 0.1) is 12.6 Å². The molecule has 0 saturated carbocycles. The summed E-state index contributed by atoms with van der Waals surface area (Å²) in [5, 5.41) is 10.2. The molecule has 3 heterocycles. The highest BCUT2D eigenvalue weighted by Crippen LogP contribution is 2.34. The van der Waals surface area contributed by atoms with Crippen molar-refractivity contribution in [2.75, 3.05) is 13.2 Å². The number of pyridine rings is 1. The minimum Gasteiger partial charge on any atom is -0.503 e. The number of aromatic hydroxyl groups is 1. The summed E-state index contributed by atoms with van der Waals surface area (Å²) in [5.41, 5.74) is 0.629. The highest BCUT2D eigenvalue weighted by atomic mass is 16.5. The Balaban J connectivity index is 1.84. The average Bonchev–Trinajstić information content (AvgIpc) is 2.62. The Morgan fingerprint density at radius 1 is 1.17 bits per heavy atom. The predicted molar refractivity (Wildman–Crippen MR) is 86.9 cm³/mol. The number of aromatic nitrogens is 1. The maximum atomic E-state index is 12.7. The van der Waals surface area contributed by atoms with Crippen molar-refractivity contribution in [2.45, 2.75) is 25.1 Å². The lowest BCUT2D eigenvalue weighted by atomic mass is 9.99. The van der Waals surface area contributed by atoms with E-state index in [9.17, 15) is 14.7 Å². The number of ether oxygens (including phenoxy) is 1. The van der Waals surface area contributed by atoms with Gasteiger partial charge < -0.3 is 19.3 Å². The maximum Gasteiger partial charge on any atom is 0.276 e. The van der Waals surface area contributed by atoms with Crippen LogP contribution in [-0.4, -0.2) is 39.9 Å². The van der Waals surface area contributed by atoms with Crippen molar-refractivity contribution < 1.29 is 14.6 Å². The molecule has 0 spiro atoms. The lowest BCUT2D eigenvalue weighted by Crippen LogP contribution is -2.56. The van der Waals surface area contributed by atoms with E-state index in [0.29, 0.717) is 19.6 Å². The van der Waals surface area contributed by atoms with Crippen LogP contribution in [0.2, 0.25) is 0 Å². The molecule has 2 atom stereocenters. The van der Waals surface area contributed by atoms with Crippen molar-refractivity contribution >= 4 is 5.91 Å². The zero-order chi connectivity index (χ0) is 16.7. The number of hydrogen-bond acceptors (Lipinski definition) is 4. The largest absolute Gasteiger partial charge is 0.503 e. The number of nitrogens with zero attached hydrogens (tertiary/aromatic N) is 2. The molecule has 1 aromatic carbocycles. The molecule has 0 radical (unpaired) electrons. The normalized spacial score (nSPS) is 22.8. The van der Waals surface area contributed by atoms with Crippen molar-refractivity contribution in [3.8, 4) is 5.75 Å². The summed E-state index contributed by atoms with van der Waals surface area (Å²) in [6.45, 7) is 1.17. The van der Waals surface area contributed by atoms with Crippen LogP contribution in [0.3, 0.4) is 0 Å². The van der Waals surface area contributed by atoms with Crippen molar-refractivity contribution in [1.82, 2.24) is 9.47 Å². The van der Waals surface area contributed by atoms with E-state index in [1.807, 2.05) is 30.3 Å². The highest BCUT2D eigenvalue weighted by molar-refractivity contribution is 5.96. The molecule has 2 aliphatic rings. The number of carbonyl (C=O) groups is 1. The second kappa shape index (κ2) is 5.79.